The Morgan fingerprint density at radius 2 is 2.26 bits per heavy atom. The lowest BCUT2D eigenvalue weighted by Crippen LogP contribution is -2.10. The van der Waals surface area contributed by atoms with Crippen molar-refractivity contribution in [2.45, 2.75) is 19.4 Å². The van der Waals surface area contributed by atoms with Crippen molar-refractivity contribution in [2.75, 3.05) is 20.4 Å². The van der Waals surface area contributed by atoms with Gasteiger partial charge in [0.05, 0.1) is 11.5 Å². The number of hydrogen-bond donors (Lipinski definition) is 1. The molecular formula is C13H18N2O4. The molecule has 0 amide bonds. The summed E-state index contributed by atoms with van der Waals surface area (Å²) in [7, 11) is 1.78. The fourth-order valence-electron chi connectivity index (χ4n) is 1.75. The summed E-state index contributed by atoms with van der Waals surface area (Å²) in [5, 5.41) is 13.7. The number of nitrogens with one attached hydrogen (secondary N) is 1. The van der Waals surface area contributed by atoms with E-state index in [1.807, 2.05) is 0 Å². The van der Waals surface area contributed by atoms with E-state index in [2.05, 4.69) is 5.32 Å². The van der Waals surface area contributed by atoms with E-state index < -0.39 is 4.92 Å². The van der Waals surface area contributed by atoms with Crippen molar-refractivity contribution in [3.8, 4) is 5.75 Å². The van der Waals surface area contributed by atoms with Crippen LogP contribution in [0.15, 0.2) is 18.2 Å². The number of hydrogen-bond acceptors (Lipinski definition) is 5. The molecule has 0 aromatic heterocycles. The lowest BCUT2D eigenvalue weighted by Gasteiger charge is -2.11. The Bertz CT molecular complexity index is 446. The van der Waals surface area contributed by atoms with Crippen LogP contribution in [0, 0.1) is 16.0 Å². The zero-order valence-corrected chi connectivity index (χ0v) is 10.9. The molecule has 0 heterocycles. The number of nitrogens with zero attached hydrogens (tertiary/aromatic N) is 1. The van der Waals surface area contributed by atoms with Crippen LogP contribution in [0.4, 0.5) is 5.69 Å². The maximum atomic E-state index is 10.7. The quantitative estimate of drug-likeness (QED) is 0.337. The monoisotopic (exact) mass is 266 g/mol. The molecule has 6 heteroatoms. The second-order valence-electron chi connectivity index (χ2n) is 4.66. The summed E-state index contributed by atoms with van der Waals surface area (Å²) < 4.78 is 10.9. The van der Waals surface area contributed by atoms with Crippen molar-refractivity contribution < 1.29 is 14.4 Å². The van der Waals surface area contributed by atoms with Gasteiger partial charge < -0.3 is 14.8 Å². The number of nitro benzene ring substituents is 1. The number of nitro groups is 1. The SMILES string of the molecule is CNCc1cc([N+](=O)[O-])ccc1OCOCC1CC1. The predicted molar refractivity (Wildman–Crippen MR) is 70.0 cm³/mol. The normalized spacial score (nSPS) is 14.4. The molecule has 1 aromatic carbocycles. The molecule has 2 rings (SSSR count). The van der Waals surface area contributed by atoms with E-state index in [4.69, 9.17) is 9.47 Å². The van der Waals surface area contributed by atoms with Gasteiger partial charge >= 0.3 is 0 Å². The summed E-state index contributed by atoms with van der Waals surface area (Å²) in [6.07, 6.45) is 2.48. The van der Waals surface area contributed by atoms with Crippen molar-refractivity contribution in [3.63, 3.8) is 0 Å². The molecule has 0 atom stereocenters. The summed E-state index contributed by atoms with van der Waals surface area (Å²) in [5.74, 6) is 1.31. The summed E-state index contributed by atoms with van der Waals surface area (Å²) in [4.78, 5) is 10.3. The van der Waals surface area contributed by atoms with E-state index in [0.29, 0.717) is 18.2 Å². The molecule has 1 aliphatic carbocycles. The van der Waals surface area contributed by atoms with Gasteiger partial charge in [0.2, 0.25) is 0 Å². The molecule has 0 radical (unpaired) electrons. The predicted octanol–water partition coefficient (Wildman–Crippen LogP) is 2.08. The molecule has 0 bridgehead atoms. The Balaban J connectivity index is 1.94. The average Bonchev–Trinajstić information content (AvgIpc) is 3.20. The Kier molecular flexibility index (Phi) is 4.70. The molecule has 1 aliphatic rings. The number of rotatable bonds is 8. The van der Waals surface area contributed by atoms with Crippen molar-refractivity contribution in [1.82, 2.24) is 5.32 Å². The van der Waals surface area contributed by atoms with Crippen molar-refractivity contribution >= 4 is 5.69 Å². The molecule has 1 fully saturated rings. The van der Waals surface area contributed by atoms with Crippen LogP contribution < -0.4 is 10.1 Å². The Morgan fingerprint density at radius 1 is 1.47 bits per heavy atom. The lowest BCUT2D eigenvalue weighted by atomic mass is 10.2. The minimum absolute atomic E-state index is 0.0662. The van der Waals surface area contributed by atoms with Gasteiger partial charge in [-0.2, -0.15) is 0 Å². The van der Waals surface area contributed by atoms with Crippen LogP contribution in [0.25, 0.3) is 0 Å². The summed E-state index contributed by atoms with van der Waals surface area (Å²) >= 11 is 0. The zero-order chi connectivity index (χ0) is 13.7. The van der Waals surface area contributed by atoms with Crippen molar-refractivity contribution in [2.24, 2.45) is 5.92 Å². The van der Waals surface area contributed by atoms with Crippen LogP contribution in [0.2, 0.25) is 0 Å². The van der Waals surface area contributed by atoms with Gasteiger partial charge in [-0.1, -0.05) is 0 Å². The van der Waals surface area contributed by atoms with Gasteiger partial charge in [0.15, 0.2) is 6.79 Å². The van der Waals surface area contributed by atoms with E-state index in [9.17, 15) is 10.1 Å². The molecular weight excluding hydrogens is 248 g/mol. The third-order valence-corrected chi connectivity index (χ3v) is 2.97. The zero-order valence-electron chi connectivity index (χ0n) is 10.9. The minimum Gasteiger partial charge on any atom is -0.467 e. The maximum absolute atomic E-state index is 10.7. The number of benzene rings is 1. The topological polar surface area (TPSA) is 73.6 Å². The molecule has 0 unspecified atom stereocenters. The lowest BCUT2D eigenvalue weighted by molar-refractivity contribution is -0.384. The van der Waals surface area contributed by atoms with E-state index in [1.54, 1.807) is 13.1 Å². The van der Waals surface area contributed by atoms with Gasteiger partial charge in [-0.3, -0.25) is 10.1 Å². The second kappa shape index (κ2) is 6.49. The molecule has 19 heavy (non-hydrogen) atoms. The molecule has 0 spiro atoms. The third-order valence-electron chi connectivity index (χ3n) is 2.97. The first-order valence-corrected chi connectivity index (χ1v) is 6.33. The molecule has 0 saturated heterocycles. The Morgan fingerprint density at radius 3 is 2.89 bits per heavy atom. The first-order chi connectivity index (χ1) is 9.20. The fourth-order valence-corrected chi connectivity index (χ4v) is 1.75. The highest BCUT2D eigenvalue weighted by Crippen LogP contribution is 2.29. The van der Waals surface area contributed by atoms with Gasteiger partial charge in [-0.15, -0.1) is 0 Å². The smallest absolute Gasteiger partial charge is 0.270 e. The first kappa shape index (κ1) is 13.8. The standard InChI is InChI=1S/C13H18N2O4/c1-14-7-11-6-12(15(16)17)4-5-13(11)19-9-18-8-10-2-3-10/h4-6,10,14H,2-3,7-9H2,1H3. The van der Waals surface area contributed by atoms with E-state index in [0.717, 1.165) is 12.2 Å². The third kappa shape index (κ3) is 4.18. The molecule has 1 N–H and O–H groups in total. The van der Waals surface area contributed by atoms with Crippen LogP contribution in [0.1, 0.15) is 18.4 Å². The summed E-state index contributed by atoms with van der Waals surface area (Å²) in [5.41, 5.74) is 0.822. The molecule has 0 aliphatic heterocycles. The average molecular weight is 266 g/mol. The highest BCUT2D eigenvalue weighted by Gasteiger charge is 2.21. The fraction of sp³-hybridized carbons (Fsp3) is 0.538. The van der Waals surface area contributed by atoms with Crippen LogP contribution in [-0.2, 0) is 11.3 Å². The van der Waals surface area contributed by atoms with Gasteiger partial charge in [0.1, 0.15) is 5.75 Å². The highest BCUT2D eigenvalue weighted by atomic mass is 16.7. The van der Waals surface area contributed by atoms with Gasteiger partial charge in [-0.25, -0.2) is 0 Å². The van der Waals surface area contributed by atoms with Crippen LogP contribution >= 0.6 is 0 Å². The van der Waals surface area contributed by atoms with Crippen LogP contribution in [-0.4, -0.2) is 25.4 Å². The van der Waals surface area contributed by atoms with Crippen LogP contribution in [0.3, 0.4) is 0 Å². The molecule has 1 saturated carbocycles. The molecule has 104 valence electrons. The van der Waals surface area contributed by atoms with Crippen LogP contribution in [0.5, 0.6) is 5.75 Å². The molecule has 1 aromatic rings. The van der Waals surface area contributed by atoms with E-state index in [-0.39, 0.29) is 12.5 Å². The number of ether oxygens (including phenoxy) is 2. The summed E-state index contributed by atoms with van der Waals surface area (Å²) in [6, 6.07) is 4.58. The van der Waals surface area contributed by atoms with Crippen molar-refractivity contribution in [3.05, 3.63) is 33.9 Å². The highest BCUT2D eigenvalue weighted by molar-refractivity contribution is 5.43. The van der Waals surface area contributed by atoms with Gasteiger partial charge in [0, 0.05) is 24.2 Å². The van der Waals surface area contributed by atoms with Gasteiger partial charge in [-0.05, 0) is 31.9 Å². The number of non-ortho nitro benzene ring substituents is 1. The molecule has 6 nitrogen and oxygen atoms in total. The van der Waals surface area contributed by atoms with Gasteiger partial charge in [0.25, 0.3) is 5.69 Å². The Hall–Kier alpha value is -1.66. The maximum Gasteiger partial charge on any atom is 0.270 e. The van der Waals surface area contributed by atoms with E-state index >= 15 is 0 Å². The second-order valence-corrected chi connectivity index (χ2v) is 4.66. The largest absolute Gasteiger partial charge is 0.467 e. The minimum atomic E-state index is -0.410. The van der Waals surface area contributed by atoms with Crippen molar-refractivity contribution in [1.29, 1.82) is 0 Å². The first-order valence-electron chi connectivity index (χ1n) is 6.33. The Labute approximate surface area is 111 Å². The summed E-state index contributed by atoms with van der Waals surface area (Å²) in [6.45, 7) is 1.43. The van der Waals surface area contributed by atoms with E-state index in [1.165, 1.54) is 25.0 Å².